The fourth-order valence-corrected chi connectivity index (χ4v) is 2.65. The fourth-order valence-electron chi connectivity index (χ4n) is 2.65. The zero-order valence-electron chi connectivity index (χ0n) is 13.3. The van der Waals surface area contributed by atoms with Crippen LogP contribution in [0.25, 0.3) is 0 Å². The van der Waals surface area contributed by atoms with Crippen molar-refractivity contribution in [1.29, 1.82) is 0 Å². The molecule has 0 bridgehead atoms. The van der Waals surface area contributed by atoms with Crippen molar-refractivity contribution < 1.29 is 9.53 Å². The number of carbonyl (C=O) groups excluding carboxylic acids is 1. The number of ether oxygens (including phenoxy) is 1. The number of morpholine rings is 1. The third-order valence-electron chi connectivity index (χ3n) is 3.66. The van der Waals surface area contributed by atoms with Gasteiger partial charge < -0.3 is 15.4 Å². The summed E-state index contributed by atoms with van der Waals surface area (Å²) in [6, 6.07) is 9.94. The smallest absolute Gasteiger partial charge is 0.241 e. The summed E-state index contributed by atoms with van der Waals surface area (Å²) in [6.07, 6.45) is 0.0378. The molecule has 1 unspecified atom stereocenters. The molecule has 1 fully saturated rings. The molecular weight excluding hydrogens is 302 g/mol. The molecule has 2 N–H and O–H groups in total. The largest absolute Gasteiger partial charge is 0.374 e. The molecule has 1 aliphatic heterocycles. The van der Waals surface area contributed by atoms with E-state index >= 15 is 0 Å². The van der Waals surface area contributed by atoms with Gasteiger partial charge in [0.05, 0.1) is 19.3 Å². The minimum absolute atomic E-state index is 0. The summed E-state index contributed by atoms with van der Waals surface area (Å²) in [5, 5.41) is 0. The van der Waals surface area contributed by atoms with Crippen LogP contribution < -0.4 is 10.6 Å². The quantitative estimate of drug-likeness (QED) is 0.890. The Morgan fingerprint density at radius 2 is 2.09 bits per heavy atom. The van der Waals surface area contributed by atoms with Crippen LogP contribution in [0.4, 0.5) is 5.69 Å². The minimum Gasteiger partial charge on any atom is -0.374 e. The molecular formula is C16H26ClN3O2. The molecule has 124 valence electrons. The van der Waals surface area contributed by atoms with Crippen LogP contribution in [0.5, 0.6) is 0 Å². The van der Waals surface area contributed by atoms with Crippen molar-refractivity contribution in [2.24, 2.45) is 5.73 Å². The monoisotopic (exact) mass is 327 g/mol. The topological polar surface area (TPSA) is 58.8 Å². The SMILES string of the molecule is CC(C)N(C(=O)CN1CCOC(CN)C1)c1ccccc1.Cl. The highest BCUT2D eigenvalue weighted by Gasteiger charge is 2.25. The first-order valence-electron chi connectivity index (χ1n) is 7.53. The lowest BCUT2D eigenvalue weighted by Crippen LogP contribution is -2.50. The van der Waals surface area contributed by atoms with Crippen LogP contribution in [0.2, 0.25) is 0 Å². The van der Waals surface area contributed by atoms with E-state index in [9.17, 15) is 4.79 Å². The molecule has 6 heteroatoms. The summed E-state index contributed by atoms with van der Waals surface area (Å²) >= 11 is 0. The van der Waals surface area contributed by atoms with Gasteiger partial charge in [-0.3, -0.25) is 9.69 Å². The Morgan fingerprint density at radius 3 is 2.68 bits per heavy atom. The third kappa shape index (κ3) is 4.95. The number of para-hydroxylation sites is 1. The predicted octanol–water partition coefficient (Wildman–Crippen LogP) is 1.51. The number of benzene rings is 1. The van der Waals surface area contributed by atoms with Gasteiger partial charge in [-0.05, 0) is 26.0 Å². The van der Waals surface area contributed by atoms with Crippen molar-refractivity contribution in [3.05, 3.63) is 30.3 Å². The van der Waals surface area contributed by atoms with E-state index in [0.29, 0.717) is 19.7 Å². The summed E-state index contributed by atoms with van der Waals surface area (Å²) in [4.78, 5) is 16.6. The van der Waals surface area contributed by atoms with Crippen LogP contribution in [-0.4, -0.2) is 55.7 Å². The second kappa shape index (κ2) is 9.10. The minimum atomic E-state index is 0. The lowest BCUT2D eigenvalue weighted by Gasteiger charge is -2.34. The molecule has 1 aromatic rings. The van der Waals surface area contributed by atoms with E-state index in [1.807, 2.05) is 49.1 Å². The number of hydrogen-bond donors (Lipinski definition) is 1. The summed E-state index contributed by atoms with van der Waals surface area (Å²) < 4.78 is 5.54. The highest BCUT2D eigenvalue weighted by Crippen LogP contribution is 2.17. The number of nitrogens with two attached hydrogens (primary N) is 1. The van der Waals surface area contributed by atoms with E-state index < -0.39 is 0 Å². The molecule has 0 spiro atoms. The third-order valence-corrected chi connectivity index (χ3v) is 3.66. The zero-order chi connectivity index (χ0) is 15.2. The van der Waals surface area contributed by atoms with Gasteiger partial charge in [0.2, 0.25) is 5.91 Å². The highest BCUT2D eigenvalue weighted by atomic mass is 35.5. The molecule has 1 amide bonds. The van der Waals surface area contributed by atoms with Crippen molar-refractivity contribution in [2.75, 3.05) is 37.7 Å². The van der Waals surface area contributed by atoms with Gasteiger partial charge in [-0.1, -0.05) is 18.2 Å². The van der Waals surface area contributed by atoms with Gasteiger partial charge in [0.25, 0.3) is 0 Å². The number of amides is 1. The van der Waals surface area contributed by atoms with Gasteiger partial charge in [0, 0.05) is 31.4 Å². The van der Waals surface area contributed by atoms with Crippen LogP contribution in [0, 0.1) is 0 Å². The molecule has 1 aliphatic rings. The number of halogens is 1. The Morgan fingerprint density at radius 1 is 1.41 bits per heavy atom. The van der Waals surface area contributed by atoms with Gasteiger partial charge in [-0.2, -0.15) is 0 Å². The molecule has 1 aromatic carbocycles. The number of hydrogen-bond acceptors (Lipinski definition) is 4. The number of carbonyl (C=O) groups is 1. The molecule has 5 nitrogen and oxygen atoms in total. The molecule has 1 saturated heterocycles. The van der Waals surface area contributed by atoms with Crippen LogP contribution >= 0.6 is 12.4 Å². The van der Waals surface area contributed by atoms with E-state index in [-0.39, 0.29) is 30.5 Å². The first kappa shape index (κ1) is 18.9. The lowest BCUT2D eigenvalue weighted by molar-refractivity contribution is -0.122. The fraction of sp³-hybridized carbons (Fsp3) is 0.562. The molecule has 22 heavy (non-hydrogen) atoms. The average Bonchev–Trinajstić information content (AvgIpc) is 2.48. The highest BCUT2D eigenvalue weighted by molar-refractivity contribution is 5.95. The Hall–Kier alpha value is -1.14. The summed E-state index contributed by atoms with van der Waals surface area (Å²) in [6.45, 7) is 7.12. The van der Waals surface area contributed by atoms with Crippen molar-refractivity contribution in [3.8, 4) is 0 Å². The Kier molecular flexibility index (Phi) is 7.82. The first-order valence-corrected chi connectivity index (χ1v) is 7.53. The second-order valence-corrected chi connectivity index (χ2v) is 5.66. The van der Waals surface area contributed by atoms with Gasteiger partial charge in [0.15, 0.2) is 0 Å². The van der Waals surface area contributed by atoms with E-state index in [4.69, 9.17) is 10.5 Å². The summed E-state index contributed by atoms with van der Waals surface area (Å²) in [5.74, 6) is 0.119. The van der Waals surface area contributed by atoms with Gasteiger partial charge in [-0.15, -0.1) is 12.4 Å². The second-order valence-electron chi connectivity index (χ2n) is 5.66. The van der Waals surface area contributed by atoms with E-state index in [1.54, 1.807) is 0 Å². The van der Waals surface area contributed by atoms with E-state index in [2.05, 4.69) is 4.90 Å². The molecule has 2 rings (SSSR count). The van der Waals surface area contributed by atoms with Crippen molar-refractivity contribution in [3.63, 3.8) is 0 Å². The van der Waals surface area contributed by atoms with Crippen LogP contribution in [-0.2, 0) is 9.53 Å². The molecule has 0 aliphatic carbocycles. The standard InChI is InChI=1S/C16H25N3O2.ClH/c1-13(2)19(14-6-4-3-5-7-14)16(20)12-18-8-9-21-15(10-17)11-18;/h3-7,13,15H,8-12,17H2,1-2H3;1H. The number of rotatable bonds is 5. The predicted molar refractivity (Wildman–Crippen MR) is 91.5 cm³/mol. The normalized spacial score (nSPS) is 18.8. The molecule has 0 radical (unpaired) electrons. The average molecular weight is 328 g/mol. The molecule has 1 heterocycles. The van der Waals surface area contributed by atoms with Crippen molar-refractivity contribution >= 4 is 24.0 Å². The van der Waals surface area contributed by atoms with E-state index in [1.165, 1.54) is 0 Å². The van der Waals surface area contributed by atoms with Crippen molar-refractivity contribution in [1.82, 2.24) is 4.90 Å². The van der Waals surface area contributed by atoms with Crippen LogP contribution in [0.3, 0.4) is 0 Å². The van der Waals surface area contributed by atoms with E-state index in [0.717, 1.165) is 18.8 Å². The zero-order valence-corrected chi connectivity index (χ0v) is 14.1. The summed E-state index contributed by atoms with van der Waals surface area (Å²) in [5.41, 5.74) is 6.59. The first-order chi connectivity index (χ1) is 10.1. The van der Waals surface area contributed by atoms with Crippen LogP contribution in [0.15, 0.2) is 30.3 Å². The maximum Gasteiger partial charge on any atom is 0.241 e. The van der Waals surface area contributed by atoms with Gasteiger partial charge >= 0.3 is 0 Å². The molecule has 0 aromatic heterocycles. The number of anilines is 1. The molecule has 1 atom stereocenters. The number of nitrogens with zero attached hydrogens (tertiary/aromatic N) is 2. The van der Waals surface area contributed by atoms with Gasteiger partial charge in [0.1, 0.15) is 0 Å². The molecule has 0 saturated carbocycles. The summed E-state index contributed by atoms with van der Waals surface area (Å²) in [7, 11) is 0. The van der Waals surface area contributed by atoms with Gasteiger partial charge in [-0.25, -0.2) is 0 Å². The maximum absolute atomic E-state index is 12.7. The Bertz CT molecular complexity index is 456. The maximum atomic E-state index is 12.7. The Labute approximate surface area is 138 Å². The Balaban J connectivity index is 0.00000242. The van der Waals surface area contributed by atoms with Crippen molar-refractivity contribution in [2.45, 2.75) is 26.0 Å². The lowest BCUT2D eigenvalue weighted by atomic mass is 10.2. The van der Waals surface area contributed by atoms with Crippen LogP contribution in [0.1, 0.15) is 13.8 Å².